The maximum atomic E-state index is 5.59. The second kappa shape index (κ2) is 2.34. The van der Waals surface area contributed by atoms with Crippen LogP contribution in [0.1, 0.15) is 0 Å². The first-order chi connectivity index (χ1) is 5.77. The molecule has 59 valence electrons. The molecule has 0 fully saturated rings. The lowest BCUT2D eigenvalue weighted by Gasteiger charge is -1.99. The highest BCUT2D eigenvalue weighted by Gasteiger charge is 1.98. The van der Waals surface area contributed by atoms with Gasteiger partial charge in [0.1, 0.15) is 12.1 Å². The van der Waals surface area contributed by atoms with Crippen LogP contribution in [0.5, 0.6) is 0 Å². The number of benzene rings is 1. The quantitative estimate of drug-likeness (QED) is 0.551. The van der Waals surface area contributed by atoms with Gasteiger partial charge in [0, 0.05) is 17.1 Å². The van der Waals surface area contributed by atoms with E-state index in [4.69, 9.17) is 11.5 Å². The van der Waals surface area contributed by atoms with Gasteiger partial charge in [-0.15, -0.1) is 0 Å². The molecule has 0 saturated heterocycles. The number of rotatable bonds is 0. The third-order valence-corrected chi connectivity index (χ3v) is 1.62. The third-order valence-electron chi connectivity index (χ3n) is 1.62. The van der Waals surface area contributed by atoms with Crippen LogP contribution >= 0.6 is 0 Å². The van der Waals surface area contributed by atoms with Crippen LogP contribution in [0.25, 0.3) is 10.9 Å². The summed E-state index contributed by atoms with van der Waals surface area (Å²) in [5.41, 5.74) is 12.4. The van der Waals surface area contributed by atoms with Gasteiger partial charge in [-0.25, -0.2) is 9.97 Å². The first-order valence-corrected chi connectivity index (χ1v) is 3.45. The van der Waals surface area contributed by atoms with Crippen LogP contribution in [-0.2, 0) is 0 Å². The van der Waals surface area contributed by atoms with E-state index in [1.807, 2.05) is 0 Å². The van der Waals surface area contributed by atoms with Crippen LogP contribution in [0.15, 0.2) is 18.5 Å². The van der Waals surface area contributed by atoms with Crippen molar-refractivity contribution in [2.24, 2.45) is 0 Å². The van der Waals surface area contributed by atoms with Crippen molar-refractivity contribution in [3.8, 4) is 0 Å². The predicted molar refractivity (Wildman–Crippen MR) is 47.2 cm³/mol. The molecular weight excluding hydrogens is 152 g/mol. The van der Waals surface area contributed by atoms with Crippen LogP contribution in [0.2, 0.25) is 0 Å². The highest BCUT2D eigenvalue weighted by molar-refractivity contribution is 5.89. The van der Waals surface area contributed by atoms with Gasteiger partial charge in [-0.3, -0.25) is 0 Å². The molecule has 0 aliphatic heterocycles. The van der Waals surface area contributed by atoms with E-state index in [0.29, 0.717) is 11.5 Å². The summed E-state index contributed by atoms with van der Waals surface area (Å²) >= 11 is 0. The number of fused-ring (bicyclic) bond motifs is 1. The molecule has 1 aromatic carbocycles. The number of nitrogen functional groups attached to an aromatic ring is 2. The standard InChI is InChI=1S/C8H7N4/c9-5-1-2-6-7(3-5)11-4-12-8(6)10/h2-4H,9H2,(H2,10,11,12). The minimum atomic E-state index is 0.455. The molecule has 0 unspecified atom stereocenters. The van der Waals surface area contributed by atoms with Gasteiger partial charge in [0.2, 0.25) is 0 Å². The van der Waals surface area contributed by atoms with Crippen molar-refractivity contribution in [2.45, 2.75) is 0 Å². The average Bonchev–Trinajstić information content (AvgIpc) is 2.04. The summed E-state index contributed by atoms with van der Waals surface area (Å²) in [6.07, 6.45) is 1.41. The third kappa shape index (κ3) is 0.934. The molecule has 1 heterocycles. The van der Waals surface area contributed by atoms with Gasteiger partial charge in [0.15, 0.2) is 0 Å². The minimum absolute atomic E-state index is 0.455. The molecular formula is C8H7N4. The number of hydrogen-bond donors (Lipinski definition) is 2. The van der Waals surface area contributed by atoms with E-state index in [-0.39, 0.29) is 0 Å². The largest absolute Gasteiger partial charge is 0.398 e. The van der Waals surface area contributed by atoms with E-state index in [2.05, 4.69) is 16.0 Å². The van der Waals surface area contributed by atoms with E-state index < -0.39 is 0 Å². The molecule has 1 radical (unpaired) electrons. The second-order valence-electron chi connectivity index (χ2n) is 2.45. The first-order valence-electron chi connectivity index (χ1n) is 3.45. The van der Waals surface area contributed by atoms with E-state index in [1.54, 1.807) is 12.1 Å². The molecule has 12 heavy (non-hydrogen) atoms. The van der Waals surface area contributed by atoms with E-state index in [1.165, 1.54) is 6.33 Å². The molecule has 0 spiro atoms. The Bertz CT molecular complexity index is 424. The lowest BCUT2D eigenvalue weighted by molar-refractivity contribution is 1.23. The maximum absolute atomic E-state index is 5.59. The summed E-state index contributed by atoms with van der Waals surface area (Å²) in [4.78, 5) is 7.85. The van der Waals surface area contributed by atoms with Gasteiger partial charge in [0.25, 0.3) is 0 Å². The van der Waals surface area contributed by atoms with Gasteiger partial charge in [-0.05, 0) is 12.1 Å². The zero-order chi connectivity index (χ0) is 8.55. The molecule has 4 nitrogen and oxygen atoms in total. The molecule has 0 aliphatic carbocycles. The summed E-state index contributed by atoms with van der Waals surface area (Å²) in [5, 5.41) is 0.784. The number of anilines is 2. The van der Waals surface area contributed by atoms with Crippen LogP contribution in [0.4, 0.5) is 11.5 Å². The smallest absolute Gasteiger partial charge is 0.134 e. The highest BCUT2D eigenvalue weighted by Crippen LogP contribution is 2.17. The Balaban J connectivity index is 2.86. The Morgan fingerprint density at radius 1 is 1.25 bits per heavy atom. The number of nitrogens with zero attached hydrogens (tertiary/aromatic N) is 2. The van der Waals surface area contributed by atoms with Gasteiger partial charge in [0.05, 0.1) is 5.52 Å². The maximum Gasteiger partial charge on any atom is 0.134 e. The molecule has 0 amide bonds. The van der Waals surface area contributed by atoms with Gasteiger partial charge >= 0.3 is 0 Å². The monoisotopic (exact) mass is 159 g/mol. The first kappa shape index (κ1) is 6.84. The molecule has 0 saturated carbocycles. The Morgan fingerprint density at radius 3 is 2.92 bits per heavy atom. The average molecular weight is 159 g/mol. The highest BCUT2D eigenvalue weighted by atomic mass is 14.9. The number of hydrogen-bond acceptors (Lipinski definition) is 4. The van der Waals surface area contributed by atoms with Crippen molar-refractivity contribution < 1.29 is 0 Å². The second-order valence-corrected chi connectivity index (χ2v) is 2.45. The Morgan fingerprint density at radius 2 is 2.08 bits per heavy atom. The summed E-state index contributed by atoms with van der Waals surface area (Å²) < 4.78 is 0. The molecule has 2 aromatic rings. The van der Waals surface area contributed by atoms with Crippen LogP contribution in [0, 0.1) is 6.07 Å². The van der Waals surface area contributed by atoms with E-state index in [9.17, 15) is 0 Å². The van der Waals surface area contributed by atoms with Crippen molar-refractivity contribution in [2.75, 3.05) is 11.5 Å². The van der Waals surface area contributed by atoms with Gasteiger partial charge in [-0.1, -0.05) is 0 Å². The SMILES string of the molecule is Nc1[c]cc2c(N)ncnc2c1. The fraction of sp³-hybridized carbons (Fsp3) is 0. The van der Waals surface area contributed by atoms with Crippen molar-refractivity contribution in [1.82, 2.24) is 9.97 Å². The summed E-state index contributed by atoms with van der Waals surface area (Å²) in [5.74, 6) is 0.455. The fourth-order valence-electron chi connectivity index (χ4n) is 1.03. The Hall–Kier alpha value is -1.84. The van der Waals surface area contributed by atoms with Gasteiger partial charge < -0.3 is 11.5 Å². The zero-order valence-electron chi connectivity index (χ0n) is 6.28. The molecule has 0 bridgehead atoms. The summed E-state index contributed by atoms with van der Waals surface area (Å²) in [7, 11) is 0. The molecule has 4 N–H and O–H groups in total. The zero-order valence-corrected chi connectivity index (χ0v) is 6.28. The molecule has 0 aliphatic rings. The van der Waals surface area contributed by atoms with Crippen molar-refractivity contribution in [1.29, 1.82) is 0 Å². The Kier molecular flexibility index (Phi) is 1.33. The summed E-state index contributed by atoms with van der Waals surface area (Å²) in [6, 6.07) is 6.24. The number of nitrogens with two attached hydrogens (primary N) is 2. The minimum Gasteiger partial charge on any atom is -0.398 e. The van der Waals surface area contributed by atoms with Crippen molar-refractivity contribution in [3.63, 3.8) is 0 Å². The van der Waals surface area contributed by atoms with Crippen LogP contribution in [0.3, 0.4) is 0 Å². The normalized spacial score (nSPS) is 10.3. The van der Waals surface area contributed by atoms with Crippen molar-refractivity contribution >= 4 is 22.4 Å². The van der Waals surface area contributed by atoms with E-state index in [0.717, 1.165) is 10.9 Å². The summed E-state index contributed by atoms with van der Waals surface area (Å²) in [6.45, 7) is 0. The topological polar surface area (TPSA) is 77.8 Å². The molecule has 0 atom stereocenters. The van der Waals surface area contributed by atoms with Gasteiger partial charge in [-0.2, -0.15) is 0 Å². The Labute approximate surface area is 69.2 Å². The molecule has 2 rings (SSSR count). The van der Waals surface area contributed by atoms with E-state index >= 15 is 0 Å². The number of aromatic nitrogens is 2. The van der Waals surface area contributed by atoms with Crippen LogP contribution in [-0.4, -0.2) is 9.97 Å². The van der Waals surface area contributed by atoms with Crippen molar-refractivity contribution in [3.05, 3.63) is 24.5 Å². The molecule has 1 aromatic heterocycles. The van der Waals surface area contributed by atoms with Crippen LogP contribution < -0.4 is 11.5 Å². The molecule has 4 heteroatoms. The lowest BCUT2D eigenvalue weighted by atomic mass is 10.2. The predicted octanol–water partition coefficient (Wildman–Crippen LogP) is 0.594. The lowest BCUT2D eigenvalue weighted by Crippen LogP contribution is -1.94. The fourth-order valence-corrected chi connectivity index (χ4v) is 1.03.